The Hall–Kier alpha value is -1.75. The number of nitrogens with two attached hydrogens (primary N) is 1. The second kappa shape index (κ2) is 6.61. The largest absolute Gasteiger partial charge is 0.487 e. The molecule has 1 amide bonds. The van der Waals surface area contributed by atoms with Gasteiger partial charge in [0.2, 0.25) is 0 Å². The smallest absolute Gasteiger partial charge is 0.265 e. The van der Waals surface area contributed by atoms with Crippen molar-refractivity contribution >= 4 is 29.1 Å². The van der Waals surface area contributed by atoms with Gasteiger partial charge in [-0.15, -0.1) is 0 Å². The van der Waals surface area contributed by atoms with Crippen LogP contribution in [0.3, 0.4) is 0 Å². The van der Waals surface area contributed by atoms with Crippen molar-refractivity contribution in [1.82, 2.24) is 5.43 Å². The number of nitrogens with one attached hydrogen (secondary N) is 1. The van der Waals surface area contributed by atoms with Gasteiger partial charge < -0.3 is 4.74 Å². The molecule has 3 N–H and O–H groups in total. The van der Waals surface area contributed by atoms with Crippen molar-refractivity contribution in [2.24, 2.45) is 5.84 Å². The summed E-state index contributed by atoms with van der Waals surface area (Å²) < 4.78 is 5.60. The van der Waals surface area contributed by atoms with Gasteiger partial charge in [0, 0.05) is 22.2 Å². The lowest BCUT2D eigenvalue weighted by Crippen LogP contribution is -2.30. The summed E-state index contributed by atoms with van der Waals surface area (Å²) in [6.07, 6.45) is 0. The number of benzene rings is 2. The lowest BCUT2D eigenvalue weighted by Gasteiger charge is -2.11. The quantitative estimate of drug-likeness (QED) is 0.518. The van der Waals surface area contributed by atoms with Gasteiger partial charge in [-0.25, -0.2) is 5.84 Å². The Balaban J connectivity index is 2.19. The van der Waals surface area contributed by atoms with Gasteiger partial charge in [-0.3, -0.25) is 10.2 Å². The van der Waals surface area contributed by atoms with Gasteiger partial charge in [-0.2, -0.15) is 0 Å². The predicted molar refractivity (Wildman–Crippen MR) is 78.9 cm³/mol. The number of hydrogen-bond donors (Lipinski definition) is 2. The maximum absolute atomic E-state index is 11.6. The maximum atomic E-state index is 11.6. The van der Waals surface area contributed by atoms with E-state index in [0.29, 0.717) is 26.9 Å². The topological polar surface area (TPSA) is 64.3 Å². The standard InChI is InChI=1S/C14H12Cl2N2O2/c15-10-5-6-12(16)13(7-10)20-8-9-3-1-2-4-11(9)14(19)18-17/h1-7H,8,17H2,(H,18,19). The van der Waals surface area contributed by atoms with Crippen molar-refractivity contribution in [3.63, 3.8) is 0 Å². The van der Waals surface area contributed by atoms with Crippen LogP contribution >= 0.6 is 23.2 Å². The number of carbonyl (C=O) groups is 1. The Bertz CT molecular complexity index is 632. The molecule has 0 saturated carbocycles. The Morgan fingerprint density at radius 2 is 1.95 bits per heavy atom. The van der Waals surface area contributed by atoms with Crippen molar-refractivity contribution in [2.45, 2.75) is 6.61 Å². The van der Waals surface area contributed by atoms with E-state index in [-0.39, 0.29) is 12.5 Å². The minimum Gasteiger partial charge on any atom is -0.487 e. The normalized spacial score (nSPS) is 10.2. The number of rotatable bonds is 4. The van der Waals surface area contributed by atoms with Gasteiger partial charge in [0.1, 0.15) is 12.4 Å². The third kappa shape index (κ3) is 3.42. The molecular weight excluding hydrogens is 299 g/mol. The van der Waals surface area contributed by atoms with Crippen LogP contribution < -0.4 is 16.0 Å². The van der Waals surface area contributed by atoms with E-state index in [9.17, 15) is 4.79 Å². The molecule has 4 nitrogen and oxygen atoms in total. The monoisotopic (exact) mass is 310 g/mol. The van der Waals surface area contributed by atoms with E-state index in [1.807, 2.05) is 6.07 Å². The number of hydrogen-bond acceptors (Lipinski definition) is 3. The second-order valence-corrected chi connectivity index (χ2v) is 4.84. The van der Waals surface area contributed by atoms with Crippen molar-refractivity contribution in [3.8, 4) is 5.75 Å². The summed E-state index contributed by atoms with van der Waals surface area (Å²) in [6, 6.07) is 12.0. The highest BCUT2D eigenvalue weighted by Crippen LogP contribution is 2.28. The second-order valence-electron chi connectivity index (χ2n) is 3.99. The van der Waals surface area contributed by atoms with Crippen molar-refractivity contribution in [1.29, 1.82) is 0 Å². The van der Waals surface area contributed by atoms with Gasteiger partial charge in [-0.1, -0.05) is 41.4 Å². The van der Waals surface area contributed by atoms with E-state index in [0.717, 1.165) is 0 Å². The molecule has 0 radical (unpaired) electrons. The van der Waals surface area contributed by atoms with Crippen LogP contribution in [0.25, 0.3) is 0 Å². The number of hydrazine groups is 1. The third-order valence-electron chi connectivity index (χ3n) is 2.67. The number of carbonyl (C=O) groups excluding carboxylic acids is 1. The van der Waals surface area contributed by atoms with Crippen molar-refractivity contribution < 1.29 is 9.53 Å². The van der Waals surface area contributed by atoms with Crippen LogP contribution in [0.1, 0.15) is 15.9 Å². The molecule has 104 valence electrons. The van der Waals surface area contributed by atoms with Crippen LogP contribution in [0.15, 0.2) is 42.5 Å². The van der Waals surface area contributed by atoms with Crippen LogP contribution in [0.4, 0.5) is 0 Å². The third-order valence-corrected chi connectivity index (χ3v) is 3.22. The maximum Gasteiger partial charge on any atom is 0.265 e. The van der Waals surface area contributed by atoms with Crippen LogP contribution in [0.2, 0.25) is 10.0 Å². The van der Waals surface area contributed by atoms with E-state index in [1.54, 1.807) is 36.4 Å². The van der Waals surface area contributed by atoms with Gasteiger partial charge in [0.05, 0.1) is 5.02 Å². The van der Waals surface area contributed by atoms with Gasteiger partial charge >= 0.3 is 0 Å². The fourth-order valence-electron chi connectivity index (χ4n) is 1.69. The average Bonchev–Trinajstić information content (AvgIpc) is 2.47. The molecule has 2 aromatic carbocycles. The molecule has 2 rings (SSSR count). The van der Waals surface area contributed by atoms with Crippen LogP contribution in [0.5, 0.6) is 5.75 Å². The van der Waals surface area contributed by atoms with E-state index < -0.39 is 0 Å². The summed E-state index contributed by atoms with van der Waals surface area (Å²) >= 11 is 11.9. The number of amides is 1. The lowest BCUT2D eigenvalue weighted by atomic mass is 10.1. The van der Waals surface area contributed by atoms with Crippen molar-refractivity contribution in [2.75, 3.05) is 0 Å². The highest BCUT2D eigenvalue weighted by molar-refractivity contribution is 6.34. The van der Waals surface area contributed by atoms with E-state index in [2.05, 4.69) is 5.43 Å². The Labute approximate surface area is 126 Å². The van der Waals surface area contributed by atoms with Gasteiger partial charge in [0.15, 0.2) is 0 Å². The summed E-state index contributed by atoms with van der Waals surface area (Å²) in [7, 11) is 0. The average molecular weight is 311 g/mol. The molecule has 2 aromatic rings. The molecule has 0 aliphatic rings. The minimum atomic E-state index is -0.374. The first-order valence-corrected chi connectivity index (χ1v) is 6.54. The lowest BCUT2D eigenvalue weighted by molar-refractivity contribution is 0.0951. The van der Waals surface area contributed by atoms with E-state index in [4.69, 9.17) is 33.8 Å². The first kappa shape index (κ1) is 14.7. The first-order valence-electron chi connectivity index (χ1n) is 5.78. The van der Waals surface area contributed by atoms with Crippen LogP contribution in [0, 0.1) is 0 Å². The Morgan fingerprint density at radius 3 is 2.70 bits per heavy atom. The molecule has 0 aromatic heterocycles. The zero-order valence-electron chi connectivity index (χ0n) is 10.4. The molecule has 0 atom stereocenters. The molecule has 0 unspecified atom stereocenters. The molecule has 20 heavy (non-hydrogen) atoms. The molecule has 6 heteroatoms. The molecule has 0 fully saturated rings. The zero-order valence-corrected chi connectivity index (χ0v) is 11.9. The summed E-state index contributed by atoms with van der Waals surface area (Å²) in [5.74, 6) is 5.23. The first-order chi connectivity index (χ1) is 9.61. The van der Waals surface area contributed by atoms with Crippen LogP contribution in [-0.2, 0) is 6.61 Å². The molecule has 0 bridgehead atoms. The molecule has 0 aliphatic heterocycles. The fraction of sp³-hybridized carbons (Fsp3) is 0.0714. The van der Waals surface area contributed by atoms with E-state index in [1.165, 1.54) is 0 Å². The van der Waals surface area contributed by atoms with Gasteiger partial charge in [0.25, 0.3) is 5.91 Å². The SMILES string of the molecule is NNC(=O)c1ccccc1COc1cc(Cl)ccc1Cl. The predicted octanol–water partition coefficient (Wildman–Crippen LogP) is 3.18. The van der Waals surface area contributed by atoms with E-state index >= 15 is 0 Å². The molecule has 0 saturated heterocycles. The zero-order chi connectivity index (χ0) is 14.5. The van der Waals surface area contributed by atoms with Crippen LogP contribution in [-0.4, -0.2) is 5.91 Å². The molecule has 0 heterocycles. The molecular formula is C14H12Cl2N2O2. The summed E-state index contributed by atoms with van der Waals surface area (Å²) in [5, 5.41) is 0.979. The summed E-state index contributed by atoms with van der Waals surface area (Å²) in [4.78, 5) is 11.6. The summed E-state index contributed by atoms with van der Waals surface area (Å²) in [5.41, 5.74) is 3.25. The summed E-state index contributed by atoms with van der Waals surface area (Å²) in [6.45, 7) is 0.184. The number of ether oxygens (including phenoxy) is 1. The molecule has 0 aliphatic carbocycles. The number of halogens is 2. The molecule has 0 spiro atoms. The van der Waals surface area contributed by atoms with Gasteiger partial charge in [-0.05, 0) is 18.2 Å². The highest BCUT2D eigenvalue weighted by Gasteiger charge is 2.10. The Kier molecular flexibility index (Phi) is 4.84. The van der Waals surface area contributed by atoms with Crippen molar-refractivity contribution in [3.05, 3.63) is 63.6 Å². The highest BCUT2D eigenvalue weighted by atomic mass is 35.5. The number of nitrogen functional groups attached to an aromatic ring is 1. The Morgan fingerprint density at radius 1 is 1.20 bits per heavy atom. The minimum absolute atomic E-state index is 0.184. The fourth-order valence-corrected chi connectivity index (χ4v) is 2.02.